The standard InChI is InChI=1S/C18H20N2O3S/c1-13(24-15-9-5-4-6-10-15)18(21)20-19-12-14-8-7-11-16(22-2)17(14)23-3/h4-13H,1-3H3,(H,20,21)/b19-12-/t13-/m1/s1. The van der Waals surface area contributed by atoms with E-state index in [0.29, 0.717) is 11.5 Å². The summed E-state index contributed by atoms with van der Waals surface area (Å²) in [4.78, 5) is 13.2. The van der Waals surface area contributed by atoms with Gasteiger partial charge in [-0.1, -0.05) is 24.3 Å². The van der Waals surface area contributed by atoms with Gasteiger partial charge in [0.05, 0.1) is 25.7 Å². The van der Waals surface area contributed by atoms with E-state index in [0.717, 1.165) is 10.5 Å². The molecule has 0 spiro atoms. The first-order valence-corrected chi connectivity index (χ1v) is 8.29. The smallest absolute Gasteiger partial charge is 0.253 e. The molecule has 0 unspecified atom stereocenters. The maximum Gasteiger partial charge on any atom is 0.253 e. The highest BCUT2D eigenvalue weighted by atomic mass is 32.2. The van der Waals surface area contributed by atoms with Crippen molar-refractivity contribution in [1.82, 2.24) is 5.43 Å². The van der Waals surface area contributed by atoms with E-state index in [2.05, 4.69) is 10.5 Å². The predicted molar refractivity (Wildman–Crippen MR) is 97.0 cm³/mol. The Hall–Kier alpha value is -2.47. The molecular weight excluding hydrogens is 324 g/mol. The van der Waals surface area contributed by atoms with E-state index < -0.39 is 0 Å². The molecule has 0 aliphatic carbocycles. The van der Waals surface area contributed by atoms with Crippen LogP contribution in [0.1, 0.15) is 12.5 Å². The minimum Gasteiger partial charge on any atom is -0.493 e. The number of thioether (sulfide) groups is 1. The first-order chi connectivity index (χ1) is 11.7. The number of methoxy groups -OCH3 is 2. The summed E-state index contributed by atoms with van der Waals surface area (Å²) in [7, 11) is 3.13. The molecule has 1 N–H and O–H groups in total. The molecule has 0 radical (unpaired) electrons. The van der Waals surface area contributed by atoms with Crippen molar-refractivity contribution >= 4 is 23.9 Å². The van der Waals surface area contributed by atoms with Crippen molar-refractivity contribution in [1.29, 1.82) is 0 Å². The zero-order valence-electron chi connectivity index (χ0n) is 13.9. The second-order valence-electron chi connectivity index (χ2n) is 4.89. The fourth-order valence-electron chi connectivity index (χ4n) is 2.03. The van der Waals surface area contributed by atoms with Crippen molar-refractivity contribution in [3.63, 3.8) is 0 Å². The molecule has 2 rings (SSSR count). The topological polar surface area (TPSA) is 59.9 Å². The summed E-state index contributed by atoms with van der Waals surface area (Å²) in [5.74, 6) is 1.02. The van der Waals surface area contributed by atoms with Crippen LogP contribution in [0.15, 0.2) is 58.5 Å². The number of amides is 1. The molecule has 24 heavy (non-hydrogen) atoms. The van der Waals surface area contributed by atoms with Gasteiger partial charge in [-0.2, -0.15) is 5.10 Å². The third-order valence-electron chi connectivity index (χ3n) is 3.24. The summed E-state index contributed by atoms with van der Waals surface area (Å²) in [5, 5.41) is 3.76. The molecule has 0 aromatic heterocycles. The Morgan fingerprint density at radius 1 is 1.12 bits per heavy atom. The normalized spacial score (nSPS) is 12.0. The largest absolute Gasteiger partial charge is 0.493 e. The first kappa shape index (κ1) is 17.9. The van der Waals surface area contributed by atoms with E-state index in [1.807, 2.05) is 49.4 Å². The molecule has 1 atom stereocenters. The van der Waals surface area contributed by atoms with Crippen molar-refractivity contribution in [2.75, 3.05) is 14.2 Å². The van der Waals surface area contributed by atoms with Crippen LogP contribution in [-0.4, -0.2) is 31.6 Å². The lowest BCUT2D eigenvalue weighted by atomic mass is 10.2. The van der Waals surface area contributed by atoms with Gasteiger partial charge in [-0.3, -0.25) is 4.79 Å². The Morgan fingerprint density at radius 3 is 2.54 bits per heavy atom. The van der Waals surface area contributed by atoms with Crippen molar-refractivity contribution < 1.29 is 14.3 Å². The maximum absolute atomic E-state index is 12.1. The van der Waals surface area contributed by atoms with Crippen LogP contribution in [0.5, 0.6) is 11.5 Å². The van der Waals surface area contributed by atoms with Gasteiger partial charge in [0.2, 0.25) is 0 Å². The molecule has 126 valence electrons. The number of nitrogens with zero attached hydrogens (tertiary/aromatic N) is 1. The highest BCUT2D eigenvalue weighted by molar-refractivity contribution is 8.00. The van der Waals surface area contributed by atoms with Crippen molar-refractivity contribution in [3.8, 4) is 11.5 Å². The maximum atomic E-state index is 12.1. The number of carbonyl (C=O) groups excluding carboxylic acids is 1. The molecule has 0 saturated carbocycles. The average molecular weight is 344 g/mol. The van der Waals surface area contributed by atoms with Gasteiger partial charge in [0, 0.05) is 10.5 Å². The number of benzene rings is 2. The van der Waals surface area contributed by atoms with E-state index in [1.165, 1.54) is 11.8 Å². The number of nitrogens with one attached hydrogen (secondary N) is 1. The van der Waals surface area contributed by atoms with E-state index >= 15 is 0 Å². The van der Waals surface area contributed by atoms with Gasteiger partial charge < -0.3 is 9.47 Å². The molecular formula is C18H20N2O3S. The molecule has 2 aromatic carbocycles. The molecule has 0 heterocycles. The van der Waals surface area contributed by atoms with Gasteiger partial charge >= 0.3 is 0 Å². The molecule has 6 heteroatoms. The third-order valence-corrected chi connectivity index (χ3v) is 4.35. The van der Waals surface area contributed by atoms with E-state index in [-0.39, 0.29) is 11.2 Å². The summed E-state index contributed by atoms with van der Waals surface area (Å²) in [5.41, 5.74) is 3.28. The number of hydrazone groups is 1. The van der Waals surface area contributed by atoms with E-state index in [4.69, 9.17) is 9.47 Å². The van der Waals surface area contributed by atoms with Crippen molar-refractivity contribution in [2.24, 2.45) is 5.10 Å². The number of hydrogen-bond donors (Lipinski definition) is 1. The van der Waals surface area contributed by atoms with Crippen molar-refractivity contribution in [3.05, 3.63) is 54.1 Å². The van der Waals surface area contributed by atoms with Crippen LogP contribution >= 0.6 is 11.8 Å². The van der Waals surface area contributed by atoms with Crippen LogP contribution in [0.4, 0.5) is 0 Å². The molecule has 1 amide bonds. The lowest BCUT2D eigenvalue weighted by Crippen LogP contribution is -2.26. The van der Waals surface area contributed by atoms with Crippen LogP contribution in [0.25, 0.3) is 0 Å². The van der Waals surface area contributed by atoms with Crippen molar-refractivity contribution in [2.45, 2.75) is 17.1 Å². The Kier molecular flexibility index (Phi) is 6.69. The summed E-state index contributed by atoms with van der Waals surface area (Å²) in [6, 6.07) is 15.2. The molecule has 0 aliphatic heterocycles. The number of rotatable bonds is 7. The molecule has 0 saturated heterocycles. The zero-order valence-corrected chi connectivity index (χ0v) is 14.7. The van der Waals surface area contributed by atoms with Crippen LogP contribution < -0.4 is 14.9 Å². The Labute approximate surface area is 146 Å². The molecule has 0 aliphatic rings. The Bertz CT molecular complexity index is 705. The fourth-order valence-corrected chi connectivity index (χ4v) is 2.91. The number of ether oxygens (including phenoxy) is 2. The monoisotopic (exact) mass is 344 g/mol. The van der Waals surface area contributed by atoms with Gasteiger partial charge in [-0.05, 0) is 31.2 Å². The highest BCUT2D eigenvalue weighted by Crippen LogP contribution is 2.29. The summed E-state index contributed by atoms with van der Waals surface area (Å²) < 4.78 is 10.5. The first-order valence-electron chi connectivity index (χ1n) is 7.41. The van der Waals surface area contributed by atoms with Gasteiger partial charge in [0.15, 0.2) is 11.5 Å². The molecule has 2 aromatic rings. The summed E-state index contributed by atoms with van der Waals surface area (Å²) in [6.07, 6.45) is 1.54. The van der Waals surface area contributed by atoms with Crippen LogP contribution in [0.2, 0.25) is 0 Å². The molecule has 5 nitrogen and oxygen atoms in total. The Balaban J connectivity index is 1.97. The lowest BCUT2D eigenvalue weighted by Gasteiger charge is -2.10. The number of para-hydroxylation sites is 1. The summed E-state index contributed by atoms with van der Waals surface area (Å²) >= 11 is 1.48. The minimum absolute atomic E-state index is 0.165. The quantitative estimate of drug-likeness (QED) is 0.475. The lowest BCUT2D eigenvalue weighted by molar-refractivity contribution is -0.120. The molecule has 0 bridgehead atoms. The van der Waals surface area contributed by atoms with Gasteiger partial charge in [-0.15, -0.1) is 11.8 Å². The zero-order chi connectivity index (χ0) is 17.4. The minimum atomic E-state index is -0.253. The second kappa shape index (κ2) is 8.98. The summed E-state index contributed by atoms with van der Waals surface area (Å²) in [6.45, 7) is 1.84. The van der Waals surface area contributed by atoms with E-state index in [1.54, 1.807) is 26.5 Å². The van der Waals surface area contributed by atoms with Crippen LogP contribution in [0.3, 0.4) is 0 Å². The second-order valence-corrected chi connectivity index (χ2v) is 6.30. The third kappa shape index (κ3) is 4.76. The fraction of sp³-hybridized carbons (Fsp3) is 0.222. The van der Waals surface area contributed by atoms with Gasteiger partial charge in [0.1, 0.15) is 0 Å². The van der Waals surface area contributed by atoms with Crippen LogP contribution in [-0.2, 0) is 4.79 Å². The predicted octanol–water partition coefficient (Wildman–Crippen LogP) is 3.33. The number of carbonyl (C=O) groups is 1. The van der Waals surface area contributed by atoms with E-state index in [9.17, 15) is 4.79 Å². The molecule has 0 fully saturated rings. The average Bonchev–Trinajstić information content (AvgIpc) is 2.62. The van der Waals surface area contributed by atoms with Gasteiger partial charge in [-0.25, -0.2) is 5.43 Å². The van der Waals surface area contributed by atoms with Crippen LogP contribution in [0, 0.1) is 0 Å². The SMILES string of the molecule is COc1cccc(/C=N\NC(=O)[C@@H](C)Sc2ccccc2)c1OC. The highest BCUT2D eigenvalue weighted by Gasteiger charge is 2.13. The Morgan fingerprint density at radius 2 is 1.88 bits per heavy atom. The number of hydrogen-bond acceptors (Lipinski definition) is 5. The van der Waals surface area contributed by atoms with Gasteiger partial charge in [0.25, 0.3) is 5.91 Å².